The maximum atomic E-state index is 12.3. The van der Waals surface area contributed by atoms with E-state index in [1.807, 2.05) is 13.0 Å². The van der Waals surface area contributed by atoms with Crippen molar-refractivity contribution in [2.24, 2.45) is 13.0 Å². The lowest BCUT2D eigenvalue weighted by Crippen LogP contribution is -2.30. The molecule has 0 spiro atoms. The van der Waals surface area contributed by atoms with Gasteiger partial charge in [-0.3, -0.25) is 9.78 Å². The standard InChI is InChI=1S/C13H17N5O4/c1-7-3-9(22-16-7)4-8-5-18(6-10(8)19)12(20)11-14-13(21)17(2)15-11/h3,8,10,19H,4-6H2,1-2H3,(H,14,15,21)/t8-,10+/m1/s1. The molecule has 1 amide bonds. The second kappa shape index (κ2) is 5.41. The molecule has 0 unspecified atom stereocenters. The summed E-state index contributed by atoms with van der Waals surface area (Å²) in [7, 11) is 1.46. The van der Waals surface area contributed by atoms with Gasteiger partial charge in [-0.2, -0.15) is 0 Å². The van der Waals surface area contributed by atoms with E-state index in [2.05, 4.69) is 15.2 Å². The molecule has 2 aromatic heterocycles. The fourth-order valence-electron chi connectivity index (χ4n) is 2.64. The lowest BCUT2D eigenvalue weighted by Gasteiger charge is -2.13. The predicted octanol–water partition coefficient (Wildman–Crippen LogP) is -0.920. The molecule has 1 saturated heterocycles. The van der Waals surface area contributed by atoms with Crippen LogP contribution in [0.3, 0.4) is 0 Å². The van der Waals surface area contributed by atoms with Gasteiger partial charge in [-0.15, -0.1) is 5.10 Å². The number of hydrogen-bond acceptors (Lipinski definition) is 6. The Labute approximate surface area is 125 Å². The van der Waals surface area contributed by atoms with E-state index in [1.165, 1.54) is 11.9 Å². The smallest absolute Gasteiger partial charge is 0.343 e. The SMILES string of the molecule is Cc1cc(C[C@@H]2CN(C(=O)c3nn(C)c(=O)[nH]3)C[C@@H]2O)on1. The number of aryl methyl sites for hydroxylation is 2. The molecule has 1 aliphatic heterocycles. The van der Waals surface area contributed by atoms with Crippen LogP contribution in [0.4, 0.5) is 0 Å². The molecule has 9 nitrogen and oxygen atoms in total. The third kappa shape index (κ3) is 2.67. The number of nitrogens with zero attached hydrogens (tertiary/aromatic N) is 4. The Morgan fingerprint density at radius 3 is 2.91 bits per heavy atom. The van der Waals surface area contributed by atoms with Gasteiger partial charge in [0.05, 0.1) is 11.8 Å². The van der Waals surface area contributed by atoms with Gasteiger partial charge in [0.25, 0.3) is 5.91 Å². The Kier molecular flexibility index (Phi) is 3.57. The molecule has 0 aliphatic carbocycles. The third-order valence-electron chi connectivity index (χ3n) is 3.81. The molecular formula is C13H17N5O4. The average molecular weight is 307 g/mol. The first kappa shape index (κ1) is 14.5. The molecule has 118 valence electrons. The van der Waals surface area contributed by atoms with Crippen molar-refractivity contribution < 1.29 is 14.4 Å². The van der Waals surface area contributed by atoms with Gasteiger partial charge in [-0.1, -0.05) is 5.16 Å². The summed E-state index contributed by atoms with van der Waals surface area (Å²) in [6, 6.07) is 1.81. The normalized spacial score (nSPS) is 21.5. The number of likely N-dealkylation sites (tertiary alicyclic amines) is 1. The topological polar surface area (TPSA) is 117 Å². The Morgan fingerprint density at radius 2 is 2.32 bits per heavy atom. The minimum Gasteiger partial charge on any atom is -0.391 e. The summed E-state index contributed by atoms with van der Waals surface area (Å²) in [6.07, 6.45) is -0.144. The number of aromatic amines is 1. The van der Waals surface area contributed by atoms with E-state index in [0.29, 0.717) is 18.7 Å². The number of carbonyl (C=O) groups is 1. The van der Waals surface area contributed by atoms with Gasteiger partial charge in [-0.25, -0.2) is 9.48 Å². The van der Waals surface area contributed by atoms with Crippen molar-refractivity contribution in [3.63, 3.8) is 0 Å². The van der Waals surface area contributed by atoms with E-state index in [0.717, 1.165) is 10.4 Å². The van der Waals surface area contributed by atoms with Crippen molar-refractivity contribution in [1.29, 1.82) is 0 Å². The number of rotatable bonds is 3. The molecule has 0 bridgehead atoms. The summed E-state index contributed by atoms with van der Waals surface area (Å²) in [5.74, 6) is 0.137. The molecular weight excluding hydrogens is 290 g/mol. The van der Waals surface area contributed by atoms with Crippen LogP contribution in [0, 0.1) is 12.8 Å². The van der Waals surface area contributed by atoms with E-state index >= 15 is 0 Å². The maximum Gasteiger partial charge on any atom is 0.343 e. The first-order chi connectivity index (χ1) is 10.4. The molecule has 0 aromatic carbocycles. The highest BCUT2D eigenvalue weighted by atomic mass is 16.5. The highest BCUT2D eigenvalue weighted by Gasteiger charge is 2.36. The number of amides is 1. The zero-order valence-electron chi connectivity index (χ0n) is 12.3. The average Bonchev–Trinajstić information content (AvgIpc) is 3.12. The number of aromatic nitrogens is 4. The van der Waals surface area contributed by atoms with Gasteiger partial charge < -0.3 is 14.5 Å². The lowest BCUT2D eigenvalue weighted by molar-refractivity contribution is 0.0752. The third-order valence-corrected chi connectivity index (χ3v) is 3.81. The molecule has 2 N–H and O–H groups in total. The van der Waals surface area contributed by atoms with E-state index < -0.39 is 17.7 Å². The van der Waals surface area contributed by atoms with Gasteiger partial charge in [0.15, 0.2) is 0 Å². The monoisotopic (exact) mass is 307 g/mol. The van der Waals surface area contributed by atoms with Gasteiger partial charge in [-0.05, 0) is 6.92 Å². The van der Waals surface area contributed by atoms with Crippen molar-refractivity contribution in [3.8, 4) is 0 Å². The summed E-state index contributed by atoms with van der Waals surface area (Å²) >= 11 is 0. The number of aliphatic hydroxyl groups is 1. The number of H-pyrrole nitrogens is 1. The van der Waals surface area contributed by atoms with Crippen LogP contribution >= 0.6 is 0 Å². The maximum absolute atomic E-state index is 12.3. The summed E-state index contributed by atoms with van der Waals surface area (Å²) < 4.78 is 6.21. The Bertz CT molecular complexity index is 746. The van der Waals surface area contributed by atoms with Crippen LogP contribution in [0.25, 0.3) is 0 Å². The van der Waals surface area contributed by atoms with Gasteiger partial charge in [0, 0.05) is 38.5 Å². The predicted molar refractivity (Wildman–Crippen MR) is 74.2 cm³/mol. The molecule has 2 atom stereocenters. The summed E-state index contributed by atoms with van der Waals surface area (Å²) in [5.41, 5.74) is 0.332. The molecule has 0 saturated carbocycles. The highest BCUT2D eigenvalue weighted by molar-refractivity contribution is 5.90. The van der Waals surface area contributed by atoms with E-state index in [9.17, 15) is 14.7 Å². The fourth-order valence-corrected chi connectivity index (χ4v) is 2.64. The Morgan fingerprint density at radius 1 is 1.55 bits per heavy atom. The van der Waals surface area contributed by atoms with E-state index in [1.54, 1.807) is 0 Å². The Balaban J connectivity index is 1.69. The molecule has 9 heteroatoms. The van der Waals surface area contributed by atoms with Crippen LogP contribution in [0.15, 0.2) is 15.4 Å². The molecule has 0 radical (unpaired) electrons. The first-order valence-corrected chi connectivity index (χ1v) is 6.97. The van der Waals surface area contributed by atoms with Crippen molar-refractivity contribution in [2.45, 2.75) is 19.4 Å². The quantitative estimate of drug-likeness (QED) is 0.757. The molecule has 1 fully saturated rings. The number of β-amino-alcohol motifs (C(OH)–C–C–N with tert-alkyl or cyclic N) is 1. The minimum atomic E-state index is -0.648. The van der Waals surface area contributed by atoms with Crippen LogP contribution in [0.2, 0.25) is 0 Å². The van der Waals surface area contributed by atoms with Crippen molar-refractivity contribution in [3.05, 3.63) is 33.8 Å². The van der Waals surface area contributed by atoms with Gasteiger partial charge >= 0.3 is 5.69 Å². The summed E-state index contributed by atoms with van der Waals surface area (Å²) in [4.78, 5) is 27.5. The van der Waals surface area contributed by atoms with Crippen LogP contribution in [0.5, 0.6) is 0 Å². The lowest BCUT2D eigenvalue weighted by atomic mass is 10.0. The van der Waals surface area contributed by atoms with Crippen LogP contribution < -0.4 is 5.69 Å². The van der Waals surface area contributed by atoms with Crippen molar-refractivity contribution >= 4 is 5.91 Å². The molecule has 1 aliphatic rings. The van der Waals surface area contributed by atoms with Gasteiger partial charge in [0.1, 0.15) is 5.76 Å². The summed E-state index contributed by atoms with van der Waals surface area (Å²) in [5, 5.41) is 17.8. The molecule has 2 aromatic rings. The number of aliphatic hydroxyl groups excluding tert-OH is 1. The largest absolute Gasteiger partial charge is 0.391 e. The minimum absolute atomic E-state index is 0.0177. The molecule has 3 heterocycles. The van der Waals surface area contributed by atoms with Crippen molar-refractivity contribution in [1.82, 2.24) is 24.8 Å². The van der Waals surface area contributed by atoms with E-state index in [-0.39, 0.29) is 18.3 Å². The first-order valence-electron chi connectivity index (χ1n) is 6.97. The van der Waals surface area contributed by atoms with Gasteiger partial charge in [0.2, 0.25) is 5.82 Å². The molecule has 22 heavy (non-hydrogen) atoms. The van der Waals surface area contributed by atoms with Crippen molar-refractivity contribution in [2.75, 3.05) is 13.1 Å². The second-order valence-corrected chi connectivity index (χ2v) is 5.58. The Hall–Kier alpha value is -2.42. The van der Waals surface area contributed by atoms with E-state index in [4.69, 9.17) is 4.52 Å². The zero-order chi connectivity index (χ0) is 15.9. The highest BCUT2D eigenvalue weighted by Crippen LogP contribution is 2.22. The number of carbonyl (C=O) groups excluding carboxylic acids is 1. The molecule has 3 rings (SSSR count). The zero-order valence-corrected chi connectivity index (χ0v) is 12.3. The second-order valence-electron chi connectivity index (χ2n) is 5.58. The number of nitrogens with one attached hydrogen (secondary N) is 1. The summed E-state index contributed by atoms with van der Waals surface area (Å²) in [6.45, 7) is 2.40. The van der Waals surface area contributed by atoms with Crippen LogP contribution in [-0.4, -0.2) is 55.0 Å². The fraction of sp³-hybridized carbons (Fsp3) is 0.538. The van der Waals surface area contributed by atoms with Crippen LogP contribution in [0.1, 0.15) is 22.1 Å². The van der Waals surface area contributed by atoms with Crippen LogP contribution in [-0.2, 0) is 13.5 Å². The number of hydrogen-bond donors (Lipinski definition) is 2.